The number of nitrogens with zero attached hydrogens (tertiary/aromatic N) is 2. The average Bonchev–Trinajstić information content (AvgIpc) is 3.95. The smallest absolute Gasteiger partial charge is 0.145 e. The lowest BCUT2D eigenvalue weighted by molar-refractivity contribution is 0.673. The zero-order valence-electron chi connectivity index (χ0n) is 28.5. The van der Waals surface area contributed by atoms with Crippen LogP contribution in [0, 0.1) is 0 Å². The Balaban J connectivity index is 1.23. The molecule has 0 unspecified atom stereocenters. The number of para-hydroxylation sites is 2. The van der Waals surface area contributed by atoms with E-state index in [4.69, 9.17) is 4.42 Å². The van der Waals surface area contributed by atoms with Gasteiger partial charge < -0.3 is 13.6 Å². The minimum atomic E-state index is 0.910. The van der Waals surface area contributed by atoms with Crippen LogP contribution in [0.15, 0.2) is 174 Å². The Morgan fingerprint density at radius 1 is 0.358 bits per heavy atom. The number of fused-ring (bicyclic) bond motifs is 15. The third kappa shape index (κ3) is 3.44. The summed E-state index contributed by atoms with van der Waals surface area (Å²) in [5, 5.41) is 12.1. The maximum absolute atomic E-state index is 6.77. The minimum absolute atomic E-state index is 0.910. The van der Waals surface area contributed by atoms with Gasteiger partial charge in [0.05, 0.1) is 33.1 Å². The normalized spacial score (nSPS) is 12.5. The SMILES string of the molecule is c1ccc2c(c1)-c1cccc3cc(-n4c5ccccc5c5c4ccc4c6c7oc8ccccc8c7ccc6n(-c6cccc7ccccc67)c45)cc-2c13. The van der Waals surface area contributed by atoms with E-state index >= 15 is 0 Å². The zero-order valence-corrected chi connectivity index (χ0v) is 28.5. The molecule has 0 saturated heterocycles. The van der Waals surface area contributed by atoms with Gasteiger partial charge in [0.2, 0.25) is 0 Å². The third-order valence-electron chi connectivity index (χ3n) is 11.8. The van der Waals surface area contributed by atoms with Crippen LogP contribution in [0.2, 0.25) is 0 Å². The molecule has 0 saturated carbocycles. The highest BCUT2D eigenvalue weighted by molar-refractivity contribution is 6.31. The molecule has 1 aliphatic carbocycles. The molecule has 0 amide bonds. The number of hydrogen-bond donors (Lipinski definition) is 0. The van der Waals surface area contributed by atoms with Crippen molar-refractivity contribution in [2.24, 2.45) is 0 Å². The van der Waals surface area contributed by atoms with Crippen molar-refractivity contribution >= 4 is 87.1 Å². The van der Waals surface area contributed by atoms with E-state index in [1.54, 1.807) is 0 Å². The second kappa shape index (κ2) is 9.81. The van der Waals surface area contributed by atoms with Crippen LogP contribution in [0.4, 0.5) is 0 Å². The maximum Gasteiger partial charge on any atom is 0.145 e. The Kier molecular flexibility index (Phi) is 5.11. The second-order valence-corrected chi connectivity index (χ2v) is 14.4. The van der Waals surface area contributed by atoms with Crippen molar-refractivity contribution in [3.63, 3.8) is 0 Å². The lowest BCUT2D eigenvalue weighted by Crippen LogP contribution is -1.97. The predicted octanol–water partition coefficient (Wildman–Crippen LogP) is 13.7. The highest BCUT2D eigenvalue weighted by Crippen LogP contribution is 2.50. The molecular weight excluding hydrogens is 645 g/mol. The molecular formula is C50H28N2O. The monoisotopic (exact) mass is 672 g/mol. The maximum atomic E-state index is 6.77. The number of furan rings is 1. The summed E-state index contributed by atoms with van der Waals surface area (Å²) in [4.78, 5) is 0. The van der Waals surface area contributed by atoms with Crippen LogP contribution in [0.3, 0.4) is 0 Å². The van der Waals surface area contributed by atoms with Gasteiger partial charge in [0.25, 0.3) is 0 Å². The van der Waals surface area contributed by atoms with E-state index in [0.717, 1.165) is 38.5 Å². The van der Waals surface area contributed by atoms with Gasteiger partial charge in [-0.25, -0.2) is 0 Å². The molecule has 0 fully saturated rings. The first-order valence-electron chi connectivity index (χ1n) is 18.3. The van der Waals surface area contributed by atoms with Crippen molar-refractivity contribution < 1.29 is 4.42 Å². The van der Waals surface area contributed by atoms with Crippen LogP contribution < -0.4 is 0 Å². The summed E-state index contributed by atoms with van der Waals surface area (Å²) in [5.41, 5.74) is 14.1. The van der Waals surface area contributed by atoms with Crippen LogP contribution in [0.25, 0.3) is 121 Å². The van der Waals surface area contributed by atoms with Gasteiger partial charge in [-0.2, -0.15) is 0 Å². The highest BCUT2D eigenvalue weighted by atomic mass is 16.3. The van der Waals surface area contributed by atoms with Crippen molar-refractivity contribution in [3.8, 4) is 33.6 Å². The number of hydrogen-bond acceptors (Lipinski definition) is 1. The van der Waals surface area contributed by atoms with Crippen LogP contribution in [0.1, 0.15) is 0 Å². The van der Waals surface area contributed by atoms with Gasteiger partial charge in [-0.05, 0) is 93.0 Å². The van der Waals surface area contributed by atoms with Crippen molar-refractivity contribution in [1.29, 1.82) is 0 Å². The van der Waals surface area contributed by atoms with Gasteiger partial charge in [-0.15, -0.1) is 0 Å². The van der Waals surface area contributed by atoms with Crippen molar-refractivity contribution in [1.82, 2.24) is 9.13 Å². The zero-order chi connectivity index (χ0) is 34.4. The third-order valence-corrected chi connectivity index (χ3v) is 11.8. The topological polar surface area (TPSA) is 23.0 Å². The fourth-order valence-electron chi connectivity index (χ4n) is 9.68. The van der Waals surface area contributed by atoms with Gasteiger partial charge in [0.15, 0.2) is 0 Å². The molecule has 244 valence electrons. The lowest BCUT2D eigenvalue weighted by atomic mass is 10.0. The van der Waals surface area contributed by atoms with Crippen LogP contribution in [-0.2, 0) is 0 Å². The molecule has 3 nitrogen and oxygen atoms in total. The fraction of sp³-hybridized carbons (Fsp3) is 0. The number of benzene rings is 9. The number of rotatable bonds is 2. The summed E-state index contributed by atoms with van der Waals surface area (Å²) in [6.07, 6.45) is 0. The molecule has 3 heterocycles. The Bertz CT molecular complexity index is 3570. The fourth-order valence-corrected chi connectivity index (χ4v) is 9.68. The highest BCUT2D eigenvalue weighted by Gasteiger charge is 2.26. The van der Waals surface area contributed by atoms with Gasteiger partial charge >= 0.3 is 0 Å². The summed E-state index contributed by atoms with van der Waals surface area (Å²) in [7, 11) is 0. The molecule has 0 N–H and O–H groups in total. The first kappa shape index (κ1) is 27.6. The summed E-state index contributed by atoms with van der Waals surface area (Å²) in [6.45, 7) is 0. The van der Waals surface area contributed by atoms with Gasteiger partial charge in [-0.1, -0.05) is 115 Å². The van der Waals surface area contributed by atoms with E-state index in [1.165, 1.54) is 82.2 Å². The predicted molar refractivity (Wildman–Crippen MR) is 222 cm³/mol. The van der Waals surface area contributed by atoms with Gasteiger partial charge in [0.1, 0.15) is 11.2 Å². The molecule has 0 bridgehead atoms. The van der Waals surface area contributed by atoms with Crippen LogP contribution >= 0.6 is 0 Å². The summed E-state index contributed by atoms with van der Waals surface area (Å²) < 4.78 is 11.7. The molecule has 3 aromatic heterocycles. The average molecular weight is 673 g/mol. The van der Waals surface area contributed by atoms with Gasteiger partial charge in [0, 0.05) is 38.0 Å². The molecule has 0 atom stereocenters. The quantitative estimate of drug-likeness (QED) is 0.179. The summed E-state index contributed by atoms with van der Waals surface area (Å²) in [6, 6.07) is 62.2. The van der Waals surface area contributed by atoms with E-state index in [1.807, 2.05) is 0 Å². The van der Waals surface area contributed by atoms with E-state index in [2.05, 4.69) is 179 Å². The standard InChI is InChI=1S/C50H28N2O/c1-2-14-32-29(11-1)12-10-21-41(32)52-44-25-23-37-35-17-6-8-22-45(35)53-50(37)48(44)39-24-26-43-47(49(39)52)38-18-5-7-20-42(38)51(43)31-27-30-13-9-19-36-33-15-3-4-16-34(33)40(28-31)46(30)36/h1-28H. The largest absolute Gasteiger partial charge is 0.455 e. The molecule has 53 heavy (non-hydrogen) atoms. The lowest BCUT2D eigenvalue weighted by Gasteiger charge is -2.13. The van der Waals surface area contributed by atoms with Crippen molar-refractivity contribution in [2.45, 2.75) is 0 Å². The molecule has 1 aliphatic rings. The first-order valence-corrected chi connectivity index (χ1v) is 18.3. The molecule has 0 radical (unpaired) electrons. The summed E-state index contributed by atoms with van der Waals surface area (Å²) >= 11 is 0. The molecule has 9 aromatic carbocycles. The van der Waals surface area contributed by atoms with E-state index in [9.17, 15) is 0 Å². The second-order valence-electron chi connectivity index (χ2n) is 14.4. The number of aromatic nitrogens is 2. The van der Waals surface area contributed by atoms with Crippen LogP contribution in [0.5, 0.6) is 0 Å². The Morgan fingerprint density at radius 3 is 1.92 bits per heavy atom. The van der Waals surface area contributed by atoms with E-state index < -0.39 is 0 Å². The molecule has 3 heteroatoms. The Morgan fingerprint density at radius 2 is 1.02 bits per heavy atom. The molecule has 12 aromatic rings. The minimum Gasteiger partial charge on any atom is -0.455 e. The first-order chi connectivity index (χ1) is 26.3. The Labute approximate surface area is 303 Å². The van der Waals surface area contributed by atoms with E-state index in [-0.39, 0.29) is 0 Å². The molecule has 0 spiro atoms. The van der Waals surface area contributed by atoms with Crippen molar-refractivity contribution in [2.75, 3.05) is 0 Å². The molecule has 0 aliphatic heterocycles. The van der Waals surface area contributed by atoms with Crippen molar-refractivity contribution in [3.05, 3.63) is 170 Å². The molecule has 13 rings (SSSR count). The summed E-state index contributed by atoms with van der Waals surface area (Å²) in [5.74, 6) is 0. The Hall–Kier alpha value is -7.10. The van der Waals surface area contributed by atoms with Gasteiger partial charge in [-0.3, -0.25) is 0 Å². The van der Waals surface area contributed by atoms with E-state index in [0.29, 0.717) is 0 Å². The van der Waals surface area contributed by atoms with Crippen LogP contribution in [-0.4, -0.2) is 9.13 Å².